The second kappa shape index (κ2) is 6.10. The Balaban J connectivity index is 1.82. The van der Waals surface area contributed by atoms with Crippen LogP contribution in [0.15, 0.2) is 85.1 Å². The highest BCUT2D eigenvalue weighted by molar-refractivity contribution is 6.19. The number of pyridine rings is 1. The maximum absolute atomic E-state index is 4.67. The Morgan fingerprint density at radius 3 is 2.11 bits per heavy atom. The number of nitrogens with zero attached hydrogens (tertiary/aromatic N) is 2. The number of anilines is 1. The Labute approximate surface area is 158 Å². The summed E-state index contributed by atoms with van der Waals surface area (Å²) in [6.45, 7) is 0. The van der Waals surface area contributed by atoms with E-state index in [1.165, 1.54) is 38.0 Å². The monoisotopic (exact) mass is 348 g/mol. The summed E-state index contributed by atoms with van der Waals surface area (Å²) >= 11 is 0. The molecule has 2 nitrogen and oxygen atoms in total. The van der Waals surface area contributed by atoms with E-state index in [9.17, 15) is 0 Å². The predicted molar refractivity (Wildman–Crippen MR) is 117 cm³/mol. The molecule has 1 aromatic heterocycles. The molecule has 130 valence electrons. The molecule has 0 saturated carbocycles. The van der Waals surface area contributed by atoms with Crippen LogP contribution in [-0.2, 0) is 0 Å². The van der Waals surface area contributed by atoms with Gasteiger partial charge in [-0.3, -0.25) is 4.98 Å². The van der Waals surface area contributed by atoms with Crippen molar-refractivity contribution >= 4 is 38.0 Å². The summed E-state index contributed by atoms with van der Waals surface area (Å²) in [6, 6.07) is 28.1. The standard InChI is InChI=1S/C25H20N2/c1-27(2)19-9-11-20-18(16-19)8-10-22-21(20)12-13-24-23(22)14-15-26-25(24)17-6-4-3-5-7-17/h3-16H,1-2H3. The molecule has 5 rings (SSSR count). The van der Waals surface area contributed by atoms with Gasteiger partial charge in [0.05, 0.1) is 5.69 Å². The summed E-state index contributed by atoms with van der Waals surface area (Å²) in [6.07, 6.45) is 1.92. The van der Waals surface area contributed by atoms with E-state index in [1.807, 2.05) is 12.3 Å². The summed E-state index contributed by atoms with van der Waals surface area (Å²) < 4.78 is 0. The van der Waals surface area contributed by atoms with Crippen molar-refractivity contribution in [3.8, 4) is 11.3 Å². The molecule has 0 unspecified atom stereocenters. The van der Waals surface area contributed by atoms with Gasteiger partial charge in [0.1, 0.15) is 0 Å². The van der Waals surface area contributed by atoms with E-state index in [1.54, 1.807) is 0 Å². The van der Waals surface area contributed by atoms with Gasteiger partial charge in [0.25, 0.3) is 0 Å². The van der Waals surface area contributed by atoms with Gasteiger partial charge in [0.15, 0.2) is 0 Å². The van der Waals surface area contributed by atoms with Gasteiger partial charge in [0.2, 0.25) is 0 Å². The smallest absolute Gasteiger partial charge is 0.0780 e. The van der Waals surface area contributed by atoms with E-state index in [-0.39, 0.29) is 0 Å². The van der Waals surface area contributed by atoms with Crippen molar-refractivity contribution < 1.29 is 0 Å². The molecule has 5 aromatic rings. The Hall–Kier alpha value is -3.39. The first kappa shape index (κ1) is 15.8. The first-order chi connectivity index (χ1) is 13.2. The SMILES string of the molecule is CN(C)c1ccc2c(ccc3c4ccnc(-c5ccccc5)c4ccc23)c1. The third kappa shape index (κ3) is 2.53. The summed E-state index contributed by atoms with van der Waals surface area (Å²) in [5.74, 6) is 0. The Kier molecular flexibility index (Phi) is 3.58. The molecule has 0 atom stereocenters. The van der Waals surface area contributed by atoms with E-state index in [0.717, 1.165) is 11.3 Å². The lowest BCUT2D eigenvalue weighted by atomic mass is 9.95. The molecule has 0 amide bonds. The predicted octanol–water partition coefficient (Wildman–Crippen LogP) is 6.27. The molecule has 0 aliphatic heterocycles. The number of hydrogen-bond acceptors (Lipinski definition) is 2. The fourth-order valence-electron chi connectivity index (χ4n) is 3.90. The van der Waals surface area contributed by atoms with Gasteiger partial charge in [-0.15, -0.1) is 0 Å². The molecule has 4 aromatic carbocycles. The van der Waals surface area contributed by atoms with E-state index < -0.39 is 0 Å². The molecule has 1 heterocycles. The van der Waals surface area contributed by atoms with Crippen molar-refractivity contribution in [2.45, 2.75) is 0 Å². The van der Waals surface area contributed by atoms with Gasteiger partial charge in [-0.2, -0.15) is 0 Å². The lowest BCUT2D eigenvalue weighted by Crippen LogP contribution is -2.07. The Bertz CT molecular complexity index is 1290. The molecule has 0 aliphatic carbocycles. The fraction of sp³-hybridized carbons (Fsp3) is 0.0800. The third-order valence-electron chi connectivity index (χ3n) is 5.31. The van der Waals surface area contributed by atoms with Crippen LogP contribution in [-0.4, -0.2) is 19.1 Å². The average molecular weight is 348 g/mol. The number of benzene rings is 4. The number of aromatic nitrogens is 1. The zero-order chi connectivity index (χ0) is 18.4. The van der Waals surface area contributed by atoms with Crippen molar-refractivity contribution in [1.29, 1.82) is 0 Å². The minimum Gasteiger partial charge on any atom is -0.378 e. The Morgan fingerprint density at radius 1 is 0.630 bits per heavy atom. The fourth-order valence-corrected chi connectivity index (χ4v) is 3.90. The third-order valence-corrected chi connectivity index (χ3v) is 5.31. The molecule has 0 fully saturated rings. The topological polar surface area (TPSA) is 16.1 Å². The summed E-state index contributed by atoms with van der Waals surface area (Å²) in [7, 11) is 4.15. The van der Waals surface area contributed by atoms with Crippen LogP contribution in [0, 0.1) is 0 Å². The van der Waals surface area contributed by atoms with Gasteiger partial charge in [-0.25, -0.2) is 0 Å². The molecule has 27 heavy (non-hydrogen) atoms. The minimum atomic E-state index is 1.04. The molecule has 0 N–H and O–H groups in total. The Morgan fingerprint density at radius 2 is 1.30 bits per heavy atom. The highest BCUT2D eigenvalue weighted by atomic mass is 15.1. The van der Waals surface area contributed by atoms with E-state index >= 15 is 0 Å². The van der Waals surface area contributed by atoms with Gasteiger partial charge in [-0.1, -0.05) is 60.7 Å². The number of hydrogen-bond donors (Lipinski definition) is 0. The van der Waals surface area contributed by atoms with Gasteiger partial charge < -0.3 is 4.90 Å². The molecule has 2 heteroatoms. The lowest BCUT2D eigenvalue weighted by Gasteiger charge is -2.14. The summed E-state index contributed by atoms with van der Waals surface area (Å²) in [4.78, 5) is 6.81. The second-order valence-electron chi connectivity index (χ2n) is 7.15. The van der Waals surface area contributed by atoms with Gasteiger partial charge in [-0.05, 0) is 45.1 Å². The maximum atomic E-state index is 4.67. The zero-order valence-electron chi connectivity index (χ0n) is 15.5. The molecule has 0 aliphatic rings. The van der Waals surface area contributed by atoms with Crippen molar-refractivity contribution in [3.05, 3.63) is 85.1 Å². The van der Waals surface area contributed by atoms with Crippen LogP contribution in [0.2, 0.25) is 0 Å². The number of rotatable bonds is 2. The van der Waals surface area contributed by atoms with Crippen molar-refractivity contribution in [3.63, 3.8) is 0 Å². The van der Waals surface area contributed by atoms with E-state index in [4.69, 9.17) is 0 Å². The van der Waals surface area contributed by atoms with E-state index in [2.05, 4.69) is 96.8 Å². The van der Waals surface area contributed by atoms with Crippen LogP contribution in [0.25, 0.3) is 43.6 Å². The van der Waals surface area contributed by atoms with Crippen LogP contribution >= 0.6 is 0 Å². The zero-order valence-corrected chi connectivity index (χ0v) is 15.5. The van der Waals surface area contributed by atoms with Crippen molar-refractivity contribution in [2.75, 3.05) is 19.0 Å². The summed E-state index contributed by atoms with van der Waals surface area (Å²) in [5.41, 5.74) is 3.41. The van der Waals surface area contributed by atoms with E-state index in [0.29, 0.717) is 0 Å². The van der Waals surface area contributed by atoms with Gasteiger partial charge >= 0.3 is 0 Å². The van der Waals surface area contributed by atoms with Gasteiger partial charge in [0, 0.05) is 36.9 Å². The molecular formula is C25H20N2. The van der Waals surface area contributed by atoms with Crippen LogP contribution in [0.1, 0.15) is 0 Å². The first-order valence-electron chi connectivity index (χ1n) is 9.19. The maximum Gasteiger partial charge on any atom is 0.0780 e. The van der Waals surface area contributed by atoms with Crippen LogP contribution in [0.5, 0.6) is 0 Å². The highest BCUT2D eigenvalue weighted by Crippen LogP contribution is 2.35. The second-order valence-corrected chi connectivity index (χ2v) is 7.15. The molecule has 0 bridgehead atoms. The molecule has 0 radical (unpaired) electrons. The van der Waals surface area contributed by atoms with Crippen molar-refractivity contribution in [1.82, 2.24) is 4.98 Å². The molecular weight excluding hydrogens is 328 g/mol. The largest absolute Gasteiger partial charge is 0.378 e. The lowest BCUT2D eigenvalue weighted by molar-refractivity contribution is 1.14. The molecule has 0 saturated heterocycles. The average Bonchev–Trinajstić information content (AvgIpc) is 2.73. The normalized spacial score (nSPS) is 11.3. The molecule has 0 spiro atoms. The van der Waals surface area contributed by atoms with Crippen LogP contribution in [0.3, 0.4) is 0 Å². The van der Waals surface area contributed by atoms with Crippen LogP contribution < -0.4 is 4.90 Å². The number of fused-ring (bicyclic) bond motifs is 5. The highest BCUT2D eigenvalue weighted by Gasteiger charge is 2.10. The quantitative estimate of drug-likeness (QED) is 0.349. The van der Waals surface area contributed by atoms with Crippen LogP contribution in [0.4, 0.5) is 5.69 Å². The minimum absolute atomic E-state index is 1.04. The first-order valence-corrected chi connectivity index (χ1v) is 9.19. The summed E-state index contributed by atoms with van der Waals surface area (Å²) in [5, 5.41) is 7.57. The van der Waals surface area contributed by atoms with Crippen molar-refractivity contribution in [2.24, 2.45) is 0 Å².